The Labute approximate surface area is 123 Å². The largest absolute Gasteiger partial charge is 0.308 e. The maximum atomic E-state index is 4.72. The van der Waals surface area contributed by atoms with Crippen molar-refractivity contribution in [2.75, 3.05) is 0 Å². The zero-order valence-electron chi connectivity index (χ0n) is 13.3. The van der Waals surface area contributed by atoms with Crippen molar-refractivity contribution in [3.05, 3.63) is 16.1 Å². The summed E-state index contributed by atoms with van der Waals surface area (Å²) < 4.78 is 0. The second-order valence-corrected chi connectivity index (χ2v) is 7.45. The predicted molar refractivity (Wildman–Crippen MR) is 85.9 cm³/mol. The molecule has 1 rings (SSSR count). The van der Waals surface area contributed by atoms with Gasteiger partial charge in [0, 0.05) is 23.4 Å². The van der Waals surface area contributed by atoms with Crippen LogP contribution in [0.5, 0.6) is 0 Å². The van der Waals surface area contributed by atoms with E-state index in [0.717, 1.165) is 6.54 Å². The normalized spacial score (nSPS) is 13.7. The van der Waals surface area contributed by atoms with Gasteiger partial charge < -0.3 is 5.32 Å². The molecule has 1 unspecified atom stereocenters. The van der Waals surface area contributed by atoms with Crippen LogP contribution >= 0.6 is 11.3 Å². The minimum Gasteiger partial charge on any atom is -0.308 e. The zero-order chi connectivity index (χ0) is 14.3. The van der Waals surface area contributed by atoms with Gasteiger partial charge in [-0.25, -0.2) is 4.98 Å². The van der Waals surface area contributed by atoms with Crippen LogP contribution in [0.15, 0.2) is 5.38 Å². The molecule has 1 atom stereocenters. The Morgan fingerprint density at radius 2 is 2.00 bits per heavy atom. The van der Waals surface area contributed by atoms with Crippen LogP contribution in [0.1, 0.15) is 77.4 Å². The van der Waals surface area contributed by atoms with Gasteiger partial charge in [0.25, 0.3) is 0 Å². The summed E-state index contributed by atoms with van der Waals surface area (Å²) in [5, 5.41) is 7.00. The third-order valence-corrected chi connectivity index (χ3v) is 4.26. The molecule has 0 aliphatic carbocycles. The van der Waals surface area contributed by atoms with Crippen molar-refractivity contribution in [3.63, 3.8) is 0 Å². The van der Waals surface area contributed by atoms with Gasteiger partial charge >= 0.3 is 0 Å². The van der Waals surface area contributed by atoms with Gasteiger partial charge in [-0.1, -0.05) is 53.4 Å². The van der Waals surface area contributed by atoms with Gasteiger partial charge in [-0.3, -0.25) is 0 Å². The van der Waals surface area contributed by atoms with E-state index in [1.165, 1.54) is 42.8 Å². The van der Waals surface area contributed by atoms with Gasteiger partial charge in [0.2, 0.25) is 0 Å². The molecule has 1 aromatic rings. The average molecular weight is 282 g/mol. The van der Waals surface area contributed by atoms with Crippen LogP contribution in [0.3, 0.4) is 0 Å². The lowest BCUT2D eigenvalue weighted by Gasteiger charge is -2.15. The van der Waals surface area contributed by atoms with Crippen molar-refractivity contribution in [3.8, 4) is 0 Å². The number of nitrogens with one attached hydrogen (secondary N) is 1. The van der Waals surface area contributed by atoms with Crippen LogP contribution in [0, 0.1) is 0 Å². The summed E-state index contributed by atoms with van der Waals surface area (Å²) in [6.45, 7) is 12.1. The van der Waals surface area contributed by atoms with Crippen LogP contribution in [0.4, 0.5) is 0 Å². The Kier molecular flexibility index (Phi) is 7.01. The standard InChI is InChI=1S/C16H30N2S/c1-6-7-8-9-10-13(2)17-11-15-18-14(12-19-15)16(3,4)5/h12-13,17H,6-11H2,1-5H3. The molecule has 0 aliphatic rings. The molecule has 1 aromatic heterocycles. The Morgan fingerprint density at radius 1 is 1.26 bits per heavy atom. The number of unbranched alkanes of at least 4 members (excludes halogenated alkanes) is 3. The molecular weight excluding hydrogens is 252 g/mol. The molecule has 0 aromatic carbocycles. The lowest BCUT2D eigenvalue weighted by atomic mass is 9.93. The number of nitrogens with zero attached hydrogens (tertiary/aromatic N) is 1. The number of rotatable bonds is 8. The van der Waals surface area contributed by atoms with Gasteiger partial charge in [-0.2, -0.15) is 0 Å². The van der Waals surface area contributed by atoms with Crippen molar-refractivity contribution < 1.29 is 0 Å². The van der Waals surface area contributed by atoms with E-state index in [0.29, 0.717) is 6.04 Å². The average Bonchev–Trinajstić information content (AvgIpc) is 2.81. The molecule has 0 aliphatic heterocycles. The van der Waals surface area contributed by atoms with E-state index in [1.807, 2.05) is 0 Å². The minimum atomic E-state index is 0.167. The highest BCUT2D eigenvalue weighted by molar-refractivity contribution is 7.09. The summed E-state index contributed by atoms with van der Waals surface area (Å²) in [4.78, 5) is 4.72. The Hall–Kier alpha value is -0.410. The van der Waals surface area contributed by atoms with Crippen LogP contribution in [-0.4, -0.2) is 11.0 Å². The zero-order valence-corrected chi connectivity index (χ0v) is 14.1. The van der Waals surface area contributed by atoms with E-state index in [4.69, 9.17) is 4.98 Å². The summed E-state index contributed by atoms with van der Waals surface area (Å²) in [7, 11) is 0. The number of aromatic nitrogens is 1. The fourth-order valence-corrected chi connectivity index (χ4v) is 2.95. The fraction of sp³-hybridized carbons (Fsp3) is 0.812. The van der Waals surface area contributed by atoms with E-state index in [9.17, 15) is 0 Å². The van der Waals surface area contributed by atoms with Crippen LogP contribution in [-0.2, 0) is 12.0 Å². The van der Waals surface area contributed by atoms with Crippen molar-refractivity contribution in [2.24, 2.45) is 0 Å². The molecule has 19 heavy (non-hydrogen) atoms. The third kappa shape index (κ3) is 6.53. The number of hydrogen-bond donors (Lipinski definition) is 1. The smallest absolute Gasteiger partial charge is 0.107 e. The van der Waals surface area contributed by atoms with Gasteiger partial charge in [-0.15, -0.1) is 11.3 Å². The van der Waals surface area contributed by atoms with Crippen molar-refractivity contribution in [2.45, 2.75) is 84.7 Å². The first-order chi connectivity index (χ1) is 8.93. The summed E-state index contributed by atoms with van der Waals surface area (Å²) in [5.41, 5.74) is 1.38. The van der Waals surface area contributed by atoms with E-state index in [-0.39, 0.29) is 5.41 Å². The molecule has 0 saturated heterocycles. The first-order valence-corrected chi connectivity index (χ1v) is 8.49. The maximum absolute atomic E-state index is 4.72. The molecule has 1 heterocycles. The lowest BCUT2D eigenvalue weighted by Crippen LogP contribution is -2.25. The highest BCUT2D eigenvalue weighted by atomic mass is 32.1. The van der Waals surface area contributed by atoms with E-state index >= 15 is 0 Å². The van der Waals surface area contributed by atoms with Gasteiger partial charge in [0.1, 0.15) is 5.01 Å². The molecule has 110 valence electrons. The second kappa shape index (κ2) is 8.01. The van der Waals surface area contributed by atoms with Crippen LogP contribution < -0.4 is 5.32 Å². The molecule has 0 bridgehead atoms. The number of thiazole rings is 1. The highest BCUT2D eigenvalue weighted by Crippen LogP contribution is 2.23. The molecule has 2 nitrogen and oxygen atoms in total. The van der Waals surface area contributed by atoms with Crippen LogP contribution in [0.25, 0.3) is 0 Å². The molecule has 0 spiro atoms. The Bertz CT molecular complexity index is 352. The molecule has 0 radical (unpaired) electrons. The van der Waals surface area contributed by atoms with E-state index < -0.39 is 0 Å². The Balaban J connectivity index is 2.26. The second-order valence-electron chi connectivity index (χ2n) is 6.51. The first-order valence-electron chi connectivity index (χ1n) is 7.61. The van der Waals surface area contributed by atoms with E-state index in [1.54, 1.807) is 11.3 Å². The van der Waals surface area contributed by atoms with Gasteiger partial charge in [0.15, 0.2) is 0 Å². The SMILES string of the molecule is CCCCCCC(C)NCc1nc(C(C)(C)C)cs1. The molecular formula is C16H30N2S. The number of hydrogen-bond acceptors (Lipinski definition) is 3. The van der Waals surface area contributed by atoms with Crippen molar-refractivity contribution in [1.82, 2.24) is 10.3 Å². The van der Waals surface area contributed by atoms with E-state index in [2.05, 4.69) is 45.3 Å². The Morgan fingerprint density at radius 3 is 2.58 bits per heavy atom. The molecule has 0 fully saturated rings. The quantitative estimate of drug-likeness (QED) is 0.687. The summed E-state index contributed by atoms with van der Waals surface area (Å²) in [6, 6.07) is 0.596. The topological polar surface area (TPSA) is 24.9 Å². The molecule has 0 saturated carbocycles. The summed E-state index contributed by atoms with van der Waals surface area (Å²) in [6.07, 6.45) is 6.67. The first kappa shape index (κ1) is 16.6. The molecule has 0 amide bonds. The molecule has 3 heteroatoms. The maximum Gasteiger partial charge on any atom is 0.107 e. The van der Waals surface area contributed by atoms with Gasteiger partial charge in [-0.05, 0) is 13.3 Å². The van der Waals surface area contributed by atoms with Crippen LogP contribution in [0.2, 0.25) is 0 Å². The summed E-state index contributed by atoms with van der Waals surface area (Å²) >= 11 is 1.78. The third-order valence-electron chi connectivity index (χ3n) is 3.41. The molecule has 1 N–H and O–H groups in total. The van der Waals surface area contributed by atoms with Crippen molar-refractivity contribution >= 4 is 11.3 Å². The lowest BCUT2D eigenvalue weighted by molar-refractivity contribution is 0.480. The fourth-order valence-electron chi connectivity index (χ4n) is 1.98. The monoisotopic (exact) mass is 282 g/mol. The highest BCUT2D eigenvalue weighted by Gasteiger charge is 2.17. The minimum absolute atomic E-state index is 0.167. The predicted octanol–water partition coefficient (Wildman–Crippen LogP) is 4.89. The van der Waals surface area contributed by atoms with Crippen molar-refractivity contribution in [1.29, 1.82) is 0 Å². The van der Waals surface area contributed by atoms with Gasteiger partial charge in [0.05, 0.1) is 5.69 Å². The summed E-state index contributed by atoms with van der Waals surface area (Å²) in [5.74, 6) is 0.